The van der Waals surface area contributed by atoms with Crippen LogP contribution in [0, 0.1) is 5.92 Å². The van der Waals surface area contributed by atoms with E-state index in [4.69, 9.17) is 9.47 Å². The lowest BCUT2D eigenvalue weighted by Crippen LogP contribution is -2.32. The Hall–Kier alpha value is -1.06. The van der Waals surface area contributed by atoms with Gasteiger partial charge in [-0.1, -0.05) is 26.0 Å². The summed E-state index contributed by atoms with van der Waals surface area (Å²) in [5.41, 5.74) is 1.34. The second-order valence-corrected chi connectivity index (χ2v) is 5.31. The molecule has 20 heavy (non-hydrogen) atoms. The van der Waals surface area contributed by atoms with Gasteiger partial charge in [0.2, 0.25) is 0 Å². The van der Waals surface area contributed by atoms with Gasteiger partial charge in [-0.15, -0.1) is 0 Å². The van der Waals surface area contributed by atoms with Crippen LogP contribution in [0.3, 0.4) is 0 Å². The van der Waals surface area contributed by atoms with Gasteiger partial charge >= 0.3 is 0 Å². The average Bonchev–Trinajstić information content (AvgIpc) is 2.94. The molecule has 1 saturated heterocycles. The molecule has 1 aliphatic heterocycles. The van der Waals surface area contributed by atoms with Crippen LogP contribution < -0.4 is 10.1 Å². The molecule has 1 aromatic carbocycles. The first-order valence-corrected chi connectivity index (χ1v) is 7.87. The van der Waals surface area contributed by atoms with Gasteiger partial charge in [-0.3, -0.25) is 0 Å². The van der Waals surface area contributed by atoms with Crippen molar-refractivity contribution in [1.82, 2.24) is 5.32 Å². The molecule has 3 atom stereocenters. The highest BCUT2D eigenvalue weighted by atomic mass is 16.5. The van der Waals surface area contributed by atoms with Gasteiger partial charge in [-0.05, 0) is 44.0 Å². The van der Waals surface area contributed by atoms with E-state index >= 15 is 0 Å². The van der Waals surface area contributed by atoms with E-state index in [1.807, 2.05) is 6.92 Å². The fourth-order valence-electron chi connectivity index (χ4n) is 3.14. The molecular weight excluding hydrogens is 250 g/mol. The van der Waals surface area contributed by atoms with Gasteiger partial charge in [-0.2, -0.15) is 0 Å². The second kappa shape index (κ2) is 7.65. The van der Waals surface area contributed by atoms with E-state index in [2.05, 4.69) is 43.4 Å². The highest BCUT2D eigenvalue weighted by Gasteiger charge is 2.33. The monoisotopic (exact) mass is 277 g/mol. The van der Waals surface area contributed by atoms with E-state index in [-0.39, 0.29) is 0 Å². The van der Waals surface area contributed by atoms with Crippen LogP contribution in [0.4, 0.5) is 0 Å². The molecule has 0 aromatic heterocycles. The maximum Gasteiger partial charge on any atom is 0.119 e. The molecule has 112 valence electrons. The van der Waals surface area contributed by atoms with Gasteiger partial charge < -0.3 is 14.8 Å². The fraction of sp³-hybridized carbons (Fsp3) is 0.647. The molecule has 2 rings (SSSR count). The lowest BCUT2D eigenvalue weighted by molar-refractivity contribution is 0.0776. The number of benzene rings is 1. The summed E-state index contributed by atoms with van der Waals surface area (Å²) in [5, 5.41) is 3.64. The van der Waals surface area contributed by atoms with Gasteiger partial charge in [0, 0.05) is 18.6 Å². The predicted molar refractivity (Wildman–Crippen MR) is 82.2 cm³/mol. The summed E-state index contributed by atoms with van der Waals surface area (Å²) in [6.45, 7) is 8.97. The number of rotatable bonds is 7. The number of hydrogen-bond donors (Lipinski definition) is 1. The van der Waals surface area contributed by atoms with E-state index in [1.165, 1.54) is 5.56 Å². The van der Waals surface area contributed by atoms with Crippen LogP contribution >= 0.6 is 0 Å². The van der Waals surface area contributed by atoms with Crippen LogP contribution in [-0.2, 0) is 4.74 Å². The highest BCUT2D eigenvalue weighted by Crippen LogP contribution is 2.35. The molecule has 1 aliphatic rings. The molecular formula is C17H27NO2. The first-order chi connectivity index (χ1) is 9.80. The first-order valence-electron chi connectivity index (χ1n) is 7.87. The van der Waals surface area contributed by atoms with Gasteiger partial charge in [0.15, 0.2) is 0 Å². The molecule has 0 bridgehead atoms. The Labute approximate surface area is 122 Å². The Morgan fingerprint density at radius 1 is 1.25 bits per heavy atom. The summed E-state index contributed by atoms with van der Waals surface area (Å²) >= 11 is 0. The standard InChI is InChI=1S/C17H27NO2/c1-4-16-15(11-12-20-16)17(18-5-2)13-7-9-14(10-8-13)19-6-3/h7-10,15-18H,4-6,11-12H2,1-3H3. The lowest BCUT2D eigenvalue weighted by Gasteiger charge is -2.28. The zero-order chi connectivity index (χ0) is 14.4. The minimum absolute atomic E-state index is 0.378. The van der Waals surface area contributed by atoms with Crippen molar-refractivity contribution in [1.29, 1.82) is 0 Å². The highest BCUT2D eigenvalue weighted by molar-refractivity contribution is 5.30. The topological polar surface area (TPSA) is 30.5 Å². The SMILES string of the molecule is CCNC(c1ccc(OCC)cc1)C1CCOC1CC. The molecule has 1 N–H and O–H groups in total. The summed E-state index contributed by atoms with van der Waals surface area (Å²) in [4.78, 5) is 0. The number of hydrogen-bond acceptors (Lipinski definition) is 3. The second-order valence-electron chi connectivity index (χ2n) is 5.31. The molecule has 0 saturated carbocycles. The van der Waals surface area contributed by atoms with E-state index in [0.29, 0.717) is 24.7 Å². The number of ether oxygens (including phenoxy) is 2. The molecule has 0 radical (unpaired) electrons. The minimum Gasteiger partial charge on any atom is -0.494 e. The molecule has 1 heterocycles. The van der Waals surface area contributed by atoms with Crippen molar-refractivity contribution in [3.63, 3.8) is 0 Å². The van der Waals surface area contributed by atoms with E-state index in [9.17, 15) is 0 Å². The van der Waals surface area contributed by atoms with Crippen molar-refractivity contribution in [2.45, 2.75) is 45.8 Å². The third kappa shape index (κ3) is 3.53. The van der Waals surface area contributed by atoms with Crippen molar-refractivity contribution in [3.8, 4) is 5.75 Å². The van der Waals surface area contributed by atoms with Gasteiger partial charge in [0.25, 0.3) is 0 Å². The lowest BCUT2D eigenvalue weighted by atomic mass is 9.86. The van der Waals surface area contributed by atoms with Crippen molar-refractivity contribution >= 4 is 0 Å². The summed E-state index contributed by atoms with van der Waals surface area (Å²) < 4.78 is 11.4. The van der Waals surface area contributed by atoms with Crippen molar-refractivity contribution in [3.05, 3.63) is 29.8 Å². The number of nitrogens with one attached hydrogen (secondary N) is 1. The summed E-state index contributed by atoms with van der Waals surface area (Å²) in [6, 6.07) is 8.88. The van der Waals surface area contributed by atoms with Crippen molar-refractivity contribution in [2.75, 3.05) is 19.8 Å². The van der Waals surface area contributed by atoms with E-state index in [1.54, 1.807) is 0 Å². The largest absolute Gasteiger partial charge is 0.494 e. The zero-order valence-electron chi connectivity index (χ0n) is 12.9. The Bertz CT molecular complexity index is 390. The van der Waals surface area contributed by atoms with Crippen molar-refractivity contribution < 1.29 is 9.47 Å². The van der Waals surface area contributed by atoms with E-state index in [0.717, 1.165) is 31.7 Å². The van der Waals surface area contributed by atoms with Crippen LogP contribution in [0.5, 0.6) is 5.75 Å². The normalized spacial score (nSPS) is 23.8. The van der Waals surface area contributed by atoms with Crippen LogP contribution in [0.15, 0.2) is 24.3 Å². The Morgan fingerprint density at radius 2 is 2.00 bits per heavy atom. The molecule has 3 heteroatoms. The van der Waals surface area contributed by atoms with Crippen LogP contribution in [0.25, 0.3) is 0 Å². The van der Waals surface area contributed by atoms with Crippen LogP contribution in [0.2, 0.25) is 0 Å². The molecule has 3 unspecified atom stereocenters. The Balaban J connectivity index is 2.14. The quantitative estimate of drug-likeness (QED) is 0.826. The van der Waals surface area contributed by atoms with Crippen LogP contribution in [-0.4, -0.2) is 25.9 Å². The van der Waals surface area contributed by atoms with Gasteiger partial charge in [0.05, 0.1) is 12.7 Å². The van der Waals surface area contributed by atoms with E-state index < -0.39 is 0 Å². The minimum atomic E-state index is 0.378. The molecule has 0 spiro atoms. The smallest absolute Gasteiger partial charge is 0.119 e. The Morgan fingerprint density at radius 3 is 2.60 bits per heavy atom. The molecule has 1 fully saturated rings. The molecule has 1 aromatic rings. The molecule has 0 aliphatic carbocycles. The van der Waals surface area contributed by atoms with Crippen LogP contribution in [0.1, 0.15) is 45.2 Å². The summed E-state index contributed by atoms with van der Waals surface area (Å²) in [7, 11) is 0. The zero-order valence-corrected chi connectivity index (χ0v) is 12.9. The fourth-order valence-corrected chi connectivity index (χ4v) is 3.14. The maximum atomic E-state index is 5.86. The summed E-state index contributed by atoms with van der Waals surface area (Å²) in [5.74, 6) is 1.51. The first kappa shape index (κ1) is 15.3. The summed E-state index contributed by atoms with van der Waals surface area (Å²) in [6.07, 6.45) is 2.61. The predicted octanol–water partition coefficient (Wildman–Crippen LogP) is 3.55. The third-order valence-electron chi connectivity index (χ3n) is 4.07. The van der Waals surface area contributed by atoms with Gasteiger partial charge in [-0.25, -0.2) is 0 Å². The Kier molecular flexibility index (Phi) is 5.86. The molecule has 3 nitrogen and oxygen atoms in total. The van der Waals surface area contributed by atoms with Gasteiger partial charge in [0.1, 0.15) is 5.75 Å². The molecule has 0 amide bonds. The van der Waals surface area contributed by atoms with Crippen molar-refractivity contribution in [2.24, 2.45) is 5.92 Å². The third-order valence-corrected chi connectivity index (χ3v) is 4.07. The average molecular weight is 277 g/mol. The maximum absolute atomic E-state index is 5.86.